The van der Waals surface area contributed by atoms with Crippen LogP contribution >= 0.6 is 38.5 Å². The second-order valence-electron chi connectivity index (χ2n) is 0.991. The van der Waals surface area contributed by atoms with Gasteiger partial charge < -0.3 is 0 Å². The Morgan fingerprint density at radius 2 is 2.17 bits per heavy atom. The summed E-state index contributed by atoms with van der Waals surface area (Å²) in [4.78, 5) is 0. The van der Waals surface area contributed by atoms with Crippen molar-refractivity contribution in [3.05, 3.63) is 0 Å². The molecule has 0 saturated heterocycles. The van der Waals surface area contributed by atoms with Crippen molar-refractivity contribution in [3.63, 3.8) is 0 Å². The Balaban J connectivity index is 3.17. The first-order valence-corrected chi connectivity index (χ1v) is 3.51. The topological polar surface area (TPSA) is 19.9 Å². The molecule has 0 N–H and O–H groups in total. The van der Waals surface area contributed by atoms with Gasteiger partial charge in [-0.15, -0.1) is 0 Å². The molecule has 0 aromatic heterocycles. The van der Waals surface area contributed by atoms with Crippen LogP contribution in [0.4, 0.5) is 0 Å². The summed E-state index contributed by atoms with van der Waals surface area (Å²) in [6, 6.07) is 0. The van der Waals surface area contributed by atoms with E-state index in [9.17, 15) is 5.11 Å². The number of halogens is 2. The highest BCUT2D eigenvalue weighted by molar-refractivity contribution is 14.1. The first-order valence-electron chi connectivity index (χ1n) is 1.64. The molecule has 0 heterocycles. The molecule has 6 heavy (non-hydrogen) atoms. The zero-order chi connectivity index (χ0) is 5.21. The molecule has 0 fully saturated rings. The van der Waals surface area contributed by atoms with Crippen molar-refractivity contribution >= 4 is 38.5 Å². The minimum absolute atomic E-state index is 0.619. The second kappa shape index (κ2) is 2.47. The first-order chi connectivity index (χ1) is 2.56. The number of alkyl halides is 2. The van der Waals surface area contributed by atoms with E-state index in [1.807, 2.05) is 6.92 Å². The highest BCUT2D eigenvalue weighted by Crippen LogP contribution is 2.26. The highest BCUT2D eigenvalue weighted by Gasteiger charge is 2.14. The monoisotopic (exact) mass is 263 g/mol. The van der Waals surface area contributed by atoms with E-state index in [1.165, 1.54) is 0 Å². The maximum absolute atomic E-state index is 10.4. The number of hydrogen-bond donors (Lipinski definition) is 0. The van der Waals surface area contributed by atoms with Gasteiger partial charge in [0.25, 0.3) is 0 Å². The van der Waals surface area contributed by atoms with Gasteiger partial charge in [0.05, 0.1) is 0 Å². The molecule has 0 aliphatic heterocycles. The molecular formula is C3H5BrIO. The SMILES string of the molecule is CCC([O])(Br)I. The van der Waals surface area contributed by atoms with E-state index in [0.29, 0.717) is 6.42 Å². The predicted molar refractivity (Wildman–Crippen MR) is 36.7 cm³/mol. The molecule has 0 saturated carbocycles. The van der Waals surface area contributed by atoms with Gasteiger partial charge in [0.15, 0.2) is 0 Å². The molecule has 0 aliphatic carbocycles. The average molecular weight is 264 g/mol. The molecule has 0 rings (SSSR count). The molecule has 0 aromatic rings. The summed E-state index contributed by atoms with van der Waals surface area (Å²) in [7, 11) is 0. The molecule has 37 valence electrons. The molecule has 0 aliphatic rings. The lowest BCUT2D eigenvalue weighted by atomic mass is 10.5. The van der Waals surface area contributed by atoms with Crippen LogP contribution in [0.5, 0.6) is 0 Å². The molecule has 1 atom stereocenters. The Bertz CT molecular complexity index is 40.5. The molecule has 0 amide bonds. The lowest BCUT2D eigenvalue weighted by Gasteiger charge is -2.02. The molecule has 1 radical (unpaired) electrons. The Morgan fingerprint density at radius 3 is 2.17 bits per heavy atom. The maximum atomic E-state index is 10.4. The quantitative estimate of drug-likeness (QED) is 0.511. The van der Waals surface area contributed by atoms with Crippen LogP contribution in [0.15, 0.2) is 0 Å². The van der Waals surface area contributed by atoms with Gasteiger partial charge in [0.1, 0.15) is 0 Å². The number of hydrogen-bond acceptors (Lipinski definition) is 0. The molecule has 0 bridgehead atoms. The van der Waals surface area contributed by atoms with Crippen LogP contribution in [0.2, 0.25) is 0 Å². The lowest BCUT2D eigenvalue weighted by molar-refractivity contribution is 0.153. The van der Waals surface area contributed by atoms with Gasteiger partial charge in [0, 0.05) is 0 Å². The van der Waals surface area contributed by atoms with Gasteiger partial charge in [0.2, 0.25) is 2.52 Å². The average Bonchev–Trinajstić information content (AvgIpc) is 1.35. The van der Waals surface area contributed by atoms with Crippen molar-refractivity contribution in [1.82, 2.24) is 0 Å². The summed E-state index contributed by atoms with van der Waals surface area (Å²) in [6.07, 6.45) is 0.619. The van der Waals surface area contributed by atoms with E-state index in [-0.39, 0.29) is 0 Å². The van der Waals surface area contributed by atoms with Crippen molar-refractivity contribution in [1.29, 1.82) is 0 Å². The fourth-order valence-corrected chi connectivity index (χ4v) is 0. The fraction of sp³-hybridized carbons (Fsp3) is 1.00. The Hall–Kier alpha value is 1.17. The summed E-state index contributed by atoms with van der Waals surface area (Å²) in [5.41, 5.74) is 0. The standard InChI is InChI=1S/C3H5BrIO/c1-2-3(4,5)6/h2H2,1H3. The third-order valence-electron chi connectivity index (χ3n) is 0.412. The molecule has 0 spiro atoms. The van der Waals surface area contributed by atoms with Gasteiger partial charge in [-0.25, -0.2) is 5.11 Å². The molecule has 1 unspecified atom stereocenters. The largest absolute Gasteiger partial charge is 0.207 e. The van der Waals surface area contributed by atoms with Gasteiger partial charge in [-0.3, -0.25) is 0 Å². The van der Waals surface area contributed by atoms with Gasteiger partial charge in [-0.1, -0.05) is 6.92 Å². The van der Waals surface area contributed by atoms with E-state index in [0.717, 1.165) is 0 Å². The number of rotatable bonds is 1. The minimum Gasteiger partial charge on any atom is -0.205 e. The predicted octanol–water partition coefficient (Wildman–Crippen LogP) is 2.31. The smallest absolute Gasteiger partial charge is 0.205 e. The van der Waals surface area contributed by atoms with Crippen LogP contribution in [-0.4, -0.2) is 2.52 Å². The van der Waals surface area contributed by atoms with Crippen LogP contribution < -0.4 is 0 Å². The summed E-state index contributed by atoms with van der Waals surface area (Å²) in [5.74, 6) is 0. The third-order valence-corrected chi connectivity index (χ3v) is 1.74. The minimum atomic E-state index is -0.926. The Kier molecular flexibility index (Phi) is 2.95. The van der Waals surface area contributed by atoms with E-state index in [2.05, 4.69) is 15.9 Å². The molecule has 1 nitrogen and oxygen atoms in total. The maximum Gasteiger partial charge on any atom is 0.207 e. The van der Waals surface area contributed by atoms with Crippen molar-refractivity contribution in [3.8, 4) is 0 Å². The normalized spacial score (nSPS) is 20.0. The van der Waals surface area contributed by atoms with Crippen molar-refractivity contribution in [2.75, 3.05) is 0 Å². The molecule has 0 aromatic carbocycles. The van der Waals surface area contributed by atoms with Crippen LogP contribution in [0, 0.1) is 0 Å². The third kappa shape index (κ3) is 5.17. The lowest BCUT2D eigenvalue weighted by Crippen LogP contribution is -2.01. The fourth-order valence-electron chi connectivity index (χ4n) is 0. The zero-order valence-electron chi connectivity index (χ0n) is 3.37. The van der Waals surface area contributed by atoms with Crippen molar-refractivity contribution < 1.29 is 5.11 Å². The first kappa shape index (κ1) is 7.17. The van der Waals surface area contributed by atoms with Crippen LogP contribution in [0.1, 0.15) is 13.3 Å². The Labute approximate surface area is 59.4 Å². The van der Waals surface area contributed by atoms with E-state index >= 15 is 0 Å². The van der Waals surface area contributed by atoms with E-state index in [4.69, 9.17) is 0 Å². The second-order valence-corrected chi connectivity index (χ2v) is 5.50. The zero-order valence-corrected chi connectivity index (χ0v) is 7.11. The summed E-state index contributed by atoms with van der Waals surface area (Å²) in [5, 5.41) is 10.4. The van der Waals surface area contributed by atoms with Crippen molar-refractivity contribution in [2.24, 2.45) is 0 Å². The Morgan fingerprint density at radius 1 is 2.00 bits per heavy atom. The molecular weight excluding hydrogens is 259 g/mol. The van der Waals surface area contributed by atoms with Crippen molar-refractivity contribution in [2.45, 2.75) is 15.9 Å². The summed E-state index contributed by atoms with van der Waals surface area (Å²) < 4.78 is -0.926. The van der Waals surface area contributed by atoms with E-state index in [1.54, 1.807) is 22.6 Å². The molecule has 3 heteroatoms. The van der Waals surface area contributed by atoms with Crippen LogP contribution in [0.25, 0.3) is 0 Å². The van der Waals surface area contributed by atoms with Gasteiger partial charge >= 0.3 is 0 Å². The summed E-state index contributed by atoms with van der Waals surface area (Å²) >= 11 is 4.71. The van der Waals surface area contributed by atoms with Crippen LogP contribution in [0.3, 0.4) is 0 Å². The summed E-state index contributed by atoms with van der Waals surface area (Å²) in [6.45, 7) is 1.84. The van der Waals surface area contributed by atoms with E-state index < -0.39 is 2.52 Å². The highest BCUT2D eigenvalue weighted by atomic mass is 127. The van der Waals surface area contributed by atoms with Gasteiger partial charge in [-0.05, 0) is 44.9 Å². The van der Waals surface area contributed by atoms with Crippen LogP contribution in [-0.2, 0) is 5.11 Å². The van der Waals surface area contributed by atoms with Gasteiger partial charge in [-0.2, -0.15) is 0 Å².